The Morgan fingerprint density at radius 3 is 1.37 bits per heavy atom. The van der Waals surface area contributed by atoms with Crippen molar-refractivity contribution in [1.82, 2.24) is 39.7 Å². The number of nitrogen functional groups attached to an aromatic ring is 1. The lowest BCUT2D eigenvalue weighted by Crippen LogP contribution is -2.33. The zero-order valence-electron chi connectivity index (χ0n) is 43.4. The van der Waals surface area contributed by atoms with Gasteiger partial charge in [0.05, 0.1) is 27.8 Å². The number of aromatic nitrogens is 6. The van der Waals surface area contributed by atoms with Gasteiger partial charge in [-0.1, -0.05) is 62.3 Å². The van der Waals surface area contributed by atoms with E-state index >= 15 is 0 Å². The number of carbonyl (C=O) groups is 6. The maximum Gasteiger partial charge on any atom is 0.270 e. The van der Waals surface area contributed by atoms with E-state index in [0.717, 1.165) is 11.9 Å². The summed E-state index contributed by atoms with van der Waals surface area (Å²) >= 11 is 0. The van der Waals surface area contributed by atoms with Crippen molar-refractivity contribution in [3.05, 3.63) is 131 Å². The molecule has 8 aromatic rings. The monoisotopic (exact) mass is 992 g/mol. The van der Waals surface area contributed by atoms with Crippen LogP contribution in [-0.2, 0) is 0 Å². The van der Waals surface area contributed by atoms with E-state index in [9.17, 15) is 33.9 Å². The minimum atomic E-state index is -0.469. The molecule has 382 valence electrons. The Labute approximate surface area is 423 Å². The lowest BCUT2D eigenvalue weighted by Gasteiger charge is -2.18. The lowest BCUT2D eigenvalue weighted by molar-refractivity contribution is 0.0780. The number of aromatic hydroxyl groups is 1. The summed E-state index contributed by atoms with van der Waals surface area (Å²) in [6, 6.07) is 26.7. The smallest absolute Gasteiger partial charge is 0.270 e. The molecule has 0 radical (unpaired) electrons. The molecule has 0 saturated carbocycles. The molecule has 8 rings (SSSR count). The Morgan fingerprint density at radius 2 is 0.945 bits per heavy atom. The molecule has 0 unspecified atom stereocenters. The van der Waals surface area contributed by atoms with E-state index in [1.807, 2.05) is 81.3 Å². The van der Waals surface area contributed by atoms with Gasteiger partial charge in [0.25, 0.3) is 17.7 Å². The molecular formula is C55H65N11O7. The number of nitrogens with zero attached hydrogens (tertiary/aromatic N) is 4. The second-order valence-electron chi connectivity index (χ2n) is 21.2. The maximum absolute atomic E-state index is 12.4. The third-order valence-corrected chi connectivity index (χ3v) is 11.4. The van der Waals surface area contributed by atoms with E-state index in [-0.39, 0.29) is 40.8 Å². The van der Waals surface area contributed by atoms with Crippen LogP contribution in [0.5, 0.6) is 5.75 Å². The summed E-state index contributed by atoms with van der Waals surface area (Å²) in [5.74, 6) is 0.186. The van der Waals surface area contributed by atoms with Crippen LogP contribution >= 0.6 is 0 Å². The quantitative estimate of drug-likeness (QED) is 0.0446. The Hall–Kier alpha value is -8.38. The molecule has 0 fully saturated rings. The molecule has 0 spiro atoms. The number of phenolic OH excluding ortho intramolecular Hbond substituents is 1. The fraction of sp³-hybridized carbons (Fsp3) is 0.309. The first-order chi connectivity index (χ1) is 34.1. The van der Waals surface area contributed by atoms with Crippen molar-refractivity contribution in [3.63, 3.8) is 0 Å². The van der Waals surface area contributed by atoms with Crippen molar-refractivity contribution < 1.29 is 33.9 Å². The van der Waals surface area contributed by atoms with Crippen molar-refractivity contribution >= 4 is 85.8 Å². The van der Waals surface area contributed by atoms with Gasteiger partial charge in [-0.3, -0.25) is 39.4 Å². The van der Waals surface area contributed by atoms with E-state index in [1.165, 1.54) is 24.3 Å². The number of nitrogens with one attached hydrogen (secondary N) is 6. The number of nitrogens with two attached hydrogens (primary N) is 1. The van der Waals surface area contributed by atoms with Crippen LogP contribution in [0, 0.1) is 16.2 Å². The van der Waals surface area contributed by atoms with E-state index in [1.54, 1.807) is 84.7 Å². The number of anilines is 3. The molecule has 9 N–H and O–H groups in total. The van der Waals surface area contributed by atoms with E-state index in [2.05, 4.69) is 40.5 Å². The van der Waals surface area contributed by atoms with Crippen LogP contribution in [0.3, 0.4) is 0 Å². The Morgan fingerprint density at radius 1 is 0.534 bits per heavy atom. The maximum atomic E-state index is 12.4. The fourth-order valence-corrected chi connectivity index (χ4v) is 7.21. The van der Waals surface area contributed by atoms with Crippen LogP contribution < -0.4 is 16.4 Å². The van der Waals surface area contributed by atoms with Gasteiger partial charge in [0.1, 0.15) is 17.1 Å². The summed E-state index contributed by atoms with van der Waals surface area (Å²) in [5.41, 5.74) is 11.5. The minimum absolute atomic E-state index is 0.0404. The van der Waals surface area contributed by atoms with Gasteiger partial charge < -0.3 is 40.6 Å². The van der Waals surface area contributed by atoms with E-state index in [0.29, 0.717) is 85.5 Å². The zero-order valence-corrected chi connectivity index (χ0v) is 43.4. The summed E-state index contributed by atoms with van der Waals surface area (Å²) in [5, 5.41) is 15.5. The number of aromatic amines is 4. The number of likely N-dealkylation sites (N-methyl/N-ethyl adjacent to an activating group) is 2. The first kappa shape index (κ1) is 54.0. The lowest BCUT2D eigenvalue weighted by atomic mass is 9.86. The van der Waals surface area contributed by atoms with Crippen LogP contribution in [0.15, 0.2) is 97.1 Å². The number of ketones is 3. The number of carbonyl (C=O) groups excluding carboxylic acids is 6. The number of imidazole rings is 2. The predicted octanol–water partition coefficient (Wildman–Crippen LogP) is 9.73. The molecule has 18 heteroatoms. The van der Waals surface area contributed by atoms with Crippen LogP contribution in [-0.4, -0.2) is 114 Å². The number of Topliss-reactive ketones (excluding diaryl/α,β-unsaturated/α-hetero) is 3. The Balaban J connectivity index is 0.000000179. The number of benzene rings is 4. The normalized spacial score (nSPS) is 11.7. The topological polar surface area (TPSA) is 268 Å². The minimum Gasteiger partial charge on any atom is -0.508 e. The van der Waals surface area contributed by atoms with Crippen LogP contribution in [0.4, 0.5) is 17.6 Å². The van der Waals surface area contributed by atoms with Crippen LogP contribution in [0.25, 0.3) is 33.1 Å². The highest BCUT2D eigenvalue weighted by molar-refractivity contribution is 6.07. The number of phenols is 1. The number of hydrogen-bond donors (Lipinski definition) is 8. The highest BCUT2D eigenvalue weighted by Gasteiger charge is 2.27. The number of rotatable bonds is 11. The summed E-state index contributed by atoms with van der Waals surface area (Å²) in [6.45, 7) is 18.4. The van der Waals surface area contributed by atoms with Crippen LogP contribution in [0.2, 0.25) is 0 Å². The molecule has 0 aliphatic carbocycles. The van der Waals surface area contributed by atoms with Crippen molar-refractivity contribution in [2.24, 2.45) is 16.2 Å². The van der Waals surface area contributed by atoms with Crippen molar-refractivity contribution in [2.45, 2.75) is 62.3 Å². The first-order valence-corrected chi connectivity index (χ1v) is 23.6. The van der Waals surface area contributed by atoms with Crippen molar-refractivity contribution in [3.8, 4) is 5.75 Å². The molecule has 0 bridgehead atoms. The van der Waals surface area contributed by atoms with Crippen molar-refractivity contribution in [1.29, 1.82) is 0 Å². The molecule has 0 saturated heterocycles. The summed E-state index contributed by atoms with van der Waals surface area (Å²) in [7, 11) is 5.74. The SMILES string of the molecule is CC(C)(C)C(=O)c1ccc2nc(NC(=O)c3ccc(N)cc3)[nH]c2c1.CC(C)(C)C(=O)c1ccc2nc(NC(=O)c3ccc(O)cc3)[nH]c2c1.CN(C)CCN(C)C(=O)c1cc2cc(C(=O)C(C)(C)C)[nH]c2[nH]1. The summed E-state index contributed by atoms with van der Waals surface area (Å²) in [6.07, 6.45) is 0. The molecule has 18 nitrogen and oxygen atoms in total. The molecule has 73 heavy (non-hydrogen) atoms. The average Bonchev–Trinajstić information content (AvgIpc) is 4.11. The van der Waals surface area contributed by atoms with Gasteiger partial charge in [0.2, 0.25) is 11.9 Å². The highest BCUT2D eigenvalue weighted by atomic mass is 16.3. The number of amides is 3. The van der Waals surface area contributed by atoms with Gasteiger partial charge >= 0.3 is 0 Å². The Bertz CT molecular complexity index is 3130. The second kappa shape index (κ2) is 21.5. The summed E-state index contributed by atoms with van der Waals surface area (Å²) in [4.78, 5) is 98.5. The zero-order chi connectivity index (χ0) is 53.7. The molecule has 4 aromatic carbocycles. The van der Waals surface area contributed by atoms with Gasteiger partial charge in [-0.2, -0.15) is 0 Å². The number of H-pyrrole nitrogens is 4. The van der Waals surface area contributed by atoms with E-state index in [4.69, 9.17) is 5.73 Å². The highest BCUT2D eigenvalue weighted by Crippen LogP contribution is 2.27. The van der Waals surface area contributed by atoms with E-state index < -0.39 is 16.2 Å². The molecule has 0 aliphatic heterocycles. The fourth-order valence-electron chi connectivity index (χ4n) is 7.21. The van der Waals surface area contributed by atoms with Crippen LogP contribution in [0.1, 0.15) is 125 Å². The van der Waals surface area contributed by atoms with Gasteiger partial charge in [-0.25, -0.2) is 9.97 Å². The predicted molar refractivity (Wildman–Crippen MR) is 287 cm³/mol. The van der Waals surface area contributed by atoms with Gasteiger partial charge in [0, 0.05) is 69.7 Å². The largest absolute Gasteiger partial charge is 0.508 e. The first-order valence-electron chi connectivity index (χ1n) is 23.6. The van der Waals surface area contributed by atoms with Gasteiger partial charge in [-0.05, 0) is 111 Å². The van der Waals surface area contributed by atoms with Gasteiger partial charge in [0.15, 0.2) is 17.3 Å². The molecule has 4 heterocycles. The number of hydrogen-bond acceptors (Lipinski definition) is 11. The second-order valence-corrected chi connectivity index (χ2v) is 21.2. The van der Waals surface area contributed by atoms with Gasteiger partial charge in [-0.15, -0.1) is 0 Å². The molecule has 0 aliphatic rings. The molecular weight excluding hydrogens is 927 g/mol. The standard InChI is InChI=1S/C19H20N4O2.C19H19N3O3.C17H26N4O2/c1-19(2,3)16(24)12-6-9-14-15(10-12)22-18(21-14)23-17(25)11-4-7-13(20)8-5-11;1-19(2,3)16(24)12-6-9-14-15(10-12)21-18(20-14)22-17(25)11-4-7-13(23)8-5-11;1-17(2,3)14(22)12-9-11-10-13(19-15(11)18-12)16(23)21(6)8-7-20(4)5/h4-10H,20H2,1-3H3,(H2,21,22,23,25);4-10,23H,1-3H3,(H2,20,21,22,25);9-10,18-19H,7-8H2,1-6H3. The molecule has 3 amide bonds. The average molecular weight is 992 g/mol. The Kier molecular flexibility index (Phi) is 15.9. The number of fused-ring (bicyclic) bond motifs is 3. The third-order valence-electron chi connectivity index (χ3n) is 11.4. The van der Waals surface area contributed by atoms with Crippen molar-refractivity contribution in [2.75, 3.05) is 50.6 Å². The molecule has 0 atom stereocenters. The summed E-state index contributed by atoms with van der Waals surface area (Å²) < 4.78 is 0. The molecule has 4 aromatic heterocycles. The third kappa shape index (κ3) is 13.7.